The highest BCUT2D eigenvalue weighted by atomic mass is 32.1. The van der Waals surface area contributed by atoms with Crippen molar-refractivity contribution in [2.75, 3.05) is 0 Å². The van der Waals surface area contributed by atoms with Gasteiger partial charge in [0.1, 0.15) is 0 Å². The van der Waals surface area contributed by atoms with Crippen LogP contribution in [-0.2, 0) is 0 Å². The molecule has 21 heavy (non-hydrogen) atoms. The normalized spacial score (nSPS) is 11.0. The minimum Gasteiger partial charge on any atom is -0.499 e. The fourth-order valence-electron chi connectivity index (χ4n) is 2.93. The molecule has 106 valence electrons. The smallest absolute Gasteiger partial charge is 0.199 e. The van der Waals surface area contributed by atoms with Crippen LogP contribution in [0.3, 0.4) is 0 Å². The summed E-state index contributed by atoms with van der Waals surface area (Å²) < 4.78 is 0.811. The molecule has 3 aromatic rings. The van der Waals surface area contributed by atoms with Crippen LogP contribution in [0.1, 0.15) is 16.7 Å². The number of aromatic hydroxyl groups is 1. The number of benzene rings is 2. The lowest BCUT2D eigenvalue weighted by Gasteiger charge is -2.12. The van der Waals surface area contributed by atoms with E-state index in [2.05, 4.69) is 0 Å². The van der Waals surface area contributed by atoms with Crippen LogP contribution >= 0.6 is 11.3 Å². The number of aryl methyl sites for hydroxylation is 3. The van der Waals surface area contributed by atoms with Crippen molar-refractivity contribution in [3.63, 3.8) is 0 Å². The van der Waals surface area contributed by atoms with E-state index in [1.807, 2.05) is 57.2 Å². The zero-order valence-electron chi connectivity index (χ0n) is 12.2. The minimum absolute atomic E-state index is 0.0914. The summed E-state index contributed by atoms with van der Waals surface area (Å²) >= 11 is 1.25. The van der Waals surface area contributed by atoms with Gasteiger partial charge in [0.25, 0.3) is 0 Å². The Labute approximate surface area is 127 Å². The maximum Gasteiger partial charge on any atom is 0.199 e. The second-order valence-corrected chi connectivity index (χ2v) is 6.41. The number of fused-ring (bicyclic) bond motifs is 1. The molecular formula is C18H16O2S. The van der Waals surface area contributed by atoms with Crippen LogP contribution in [0.25, 0.3) is 21.2 Å². The Morgan fingerprint density at radius 1 is 0.952 bits per heavy atom. The molecule has 2 aromatic carbocycles. The second kappa shape index (κ2) is 5.01. The number of hydrogen-bond acceptors (Lipinski definition) is 3. The van der Waals surface area contributed by atoms with E-state index in [0.717, 1.165) is 27.0 Å². The summed E-state index contributed by atoms with van der Waals surface area (Å²) in [5, 5.41) is 11.1. The Morgan fingerprint density at radius 3 is 2.24 bits per heavy atom. The highest BCUT2D eigenvalue weighted by molar-refractivity contribution is 7.20. The van der Waals surface area contributed by atoms with Gasteiger partial charge in [-0.1, -0.05) is 41.2 Å². The molecule has 3 rings (SSSR count). The Balaban J connectivity index is 2.44. The van der Waals surface area contributed by atoms with Crippen LogP contribution in [0.2, 0.25) is 0 Å². The van der Waals surface area contributed by atoms with Crippen LogP contribution in [0, 0.1) is 20.8 Å². The average Bonchev–Trinajstić information content (AvgIpc) is 2.41. The van der Waals surface area contributed by atoms with Gasteiger partial charge in [0.15, 0.2) is 10.5 Å². The maximum absolute atomic E-state index is 12.8. The third-order valence-corrected chi connectivity index (χ3v) is 4.68. The average molecular weight is 296 g/mol. The van der Waals surface area contributed by atoms with Gasteiger partial charge in [-0.2, -0.15) is 0 Å². The first-order valence-electron chi connectivity index (χ1n) is 6.82. The monoisotopic (exact) mass is 296 g/mol. The van der Waals surface area contributed by atoms with Crippen molar-refractivity contribution in [2.45, 2.75) is 20.8 Å². The van der Waals surface area contributed by atoms with Gasteiger partial charge in [-0.25, -0.2) is 0 Å². The number of rotatable bonds is 1. The minimum atomic E-state index is -0.100. The van der Waals surface area contributed by atoms with E-state index in [0.29, 0.717) is 10.9 Å². The molecular weight excluding hydrogens is 280 g/mol. The van der Waals surface area contributed by atoms with Crippen molar-refractivity contribution in [1.82, 2.24) is 0 Å². The van der Waals surface area contributed by atoms with Crippen molar-refractivity contribution in [2.24, 2.45) is 0 Å². The number of hydrogen-bond donors (Lipinski definition) is 1. The van der Waals surface area contributed by atoms with Gasteiger partial charge in [-0.05, 0) is 49.6 Å². The van der Waals surface area contributed by atoms with E-state index >= 15 is 0 Å². The van der Waals surface area contributed by atoms with Crippen LogP contribution in [0.15, 0.2) is 41.2 Å². The van der Waals surface area contributed by atoms with Crippen LogP contribution in [0.4, 0.5) is 0 Å². The molecule has 0 atom stereocenters. The summed E-state index contributed by atoms with van der Waals surface area (Å²) in [4.78, 5) is 12.8. The SMILES string of the molecule is Cc1cc(C)c(-c2c(O)sc3ccccc3c2=O)c(C)c1. The summed E-state index contributed by atoms with van der Waals surface area (Å²) in [5.41, 5.74) is 4.37. The Morgan fingerprint density at radius 2 is 1.57 bits per heavy atom. The lowest BCUT2D eigenvalue weighted by molar-refractivity contribution is 0.492. The van der Waals surface area contributed by atoms with E-state index in [4.69, 9.17) is 0 Å². The van der Waals surface area contributed by atoms with Gasteiger partial charge in [-0.15, -0.1) is 0 Å². The van der Waals surface area contributed by atoms with Crippen LogP contribution < -0.4 is 5.43 Å². The van der Waals surface area contributed by atoms with E-state index in [9.17, 15) is 9.90 Å². The molecule has 0 aliphatic carbocycles. The predicted molar refractivity (Wildman–Crippen MR) is 89.4 cm³/mol. The molecule has 0 aliphatic rings. The van der Waals surface area contributed by atoms with Gasteiger partial charge in [0.05, 0.1) is 5.56 Å². The van der Waals surface area contributed by atoms with Gasteiger partial charge in [0.2, 0.25) is 0 Å². The first-order valence-corrected chi connectivity index (χ1v) is 7.63. The zero-order chi connectivity index (χ0) is 15.1. The molecule has 0 bridgehead atoms. The molecule has 0 radical (unpaired) electrons. The molecule has 1 aromatic heterocycles. The fourth-order valence-corrected chi connectivity index (χ4v) is 3.85. The van der Waals surface area contributed by atoms with Crippen LogP contribution in [-0.4, -0.2) is 5.11 Å². The van der Waals surface area contributed by atoms with Gasteiger partial charge < -0.3 is 5.11 Å². The predicted octanol–water partition coefficient (Wildman–Crippen LogP) is 4.56. The largest absolute Gasteiger partial charge is 0.499 e. The molecule has 1 N–H and O–H groups in total. The summed E-state index contributed by atoms with van der Waals surface area (Å²) in [6.07, 6.45) is 0. The van der Waals surface area contributed by atoms with E-state index in [-0.39, 0.29) is 10.5 Å². The molecule has 0 unspecified atom stereocenters. The van der Waals surface area contributed by atoms with Crippen LogP contribution in [0.5, 0.6) is 5.06 Å². The van der Waals surface area contributed by atoms with Crippen molar-refractivity contribution in [3.05, 3.63) is 63.3 Å². The van der Waals surface area contributed by atoms with E-state index < -0.39 is 0 Å². The Hall–Kier alpha value is -2.13. The van der Waals surface area contributed by atoms with Crippen molar-refractivity contribution >= 4 is 21.4 Å². The Kier molecular flexibility index (Phi) is 3.30. The summed E-state index contributed by atoms with van der Waals surface area (Å²) in [7, 11) is 0. The summed E-state index contributed by atoms with van der Waals surface area (Å²) in [5.74, 6) is 0. The van der Waals surface area contributed by atoms with Gasteiger partial charge in [0, 0.05) is 10.1 Å². The van der Waals surface area contributed by atoms with Gasteiger partial charge >= 0.3 is 0 Å². The standard InChI is InChI=1S/C18H16O2S/c1-10-8-11(2)15(12(3)9-10)16-17(19)13-6-4-5-7-14(13)21-18(16)20/h4-9,20H,1-3H3. The van der Waals surface area contributed by atoms with Crippen molar-refractivity contribution in [3.8, 4) is 16.2 Å². The zero-order valence-corrected chi connectivity index (χ0v) is 13.0. The highest BCUT2D eigenvalue weighted by Crippen LogP contribution is 2.37. The molecule has 3 heteroatoms. The topological polar surface area (TPSA) is 37.3 Å². The third-order valence-electron chi connectivity index (χ3n) is 3.71. The molecule has 0 saturated heterocycles. The summed E-state index contributed by atoms with van der Waals surface area (Å²) in [6, 6.07) is 11.5. The highest BCUT2D eigenvalue weighted by Gasteiger charge is 2.17. The van der Waals surface area contributed by atoms with E-state index in [1.54, 1.807) is 0 Å². The lowest BCUT2D eigenvalue weighted by atomic mass is 9.94. The Bertz CT molecular complexity index is 884. The molecule has 0 amide bonds. The second-order valence-electron chi connectivity index (χ2n) is 5.38. The van der Waals surface area contributed by atoms with Crippen molar-refractivity contribution in [1.29, 1.82) is 0 Å². The van der Waals surface area contributed by atoms with Crippen molar-refractivity contribution < 1.29 is 5.11 Å². The molecule has 1 heterocycles. The first-order chi connectivity index (χ1) is 9.99. The maximum atomic E-state index is 12.8. The molecule has 2 nitrogen and oxygen atoms in total. The molecule has 0 aliphatic heterocycles. The molecule has 0 spiro atoms. The molecule has 0 fully saturated rings. The summed E-state index contributed by atoms with van der Waals surface area (Å²) in [6.45, 7) is 5.99. The molecule has 0 saturated carbocycles. The quantitative estimate of drug-likeness (QED) is 0.714. The third kappa shape index (κ3) is 2.24. The first kappa shape index (κ1) is 13.8. The van der Waals surface area contributed by atoms with E-state index in [1.165, 1.54) is 11.3 Å². The lowest BCUT2D eigenvalue weighted by Crippen LogP contribution is -2.06. The fraction of sp³-hybridized carbons (Fsp3) is 0.167. The van der Waals surface area contributed by atoms with Gasteiger partial charge in [-0.3, -0.25) is 4.79 Å².